The smallest absolute Gasteiger partial charge is 0.140 e. The van der Waals surface area contributed by atoms with Crippen LogP contribution in [0.25, 0.3) is 0 Å². The van der Waals surface area contributed by atoms with Crippen LogP contribution < -0.4 is 0 Å². The van der Waals surface area contributed by atoms with Crippen molar-refractivity contribution < 1.29 is 5.11 Å². The van der Waals surface area contributed by atoms with Crippen molar-refractivity contribution in [2.24, 2.45) is 0 Å². The Hall–Kier alpha value is -0.370. The minimum absolute atomic E-state index is 0.545. The Morgan fingerprint density at radius 2 is 1.93 bits per heavy atom. The molecule has 0 radical (unpaired) electrons. The van der Waals surface area contributed by atoms with Crippen LogP contribution in [-0.2, 0) is 10.9 Å². The van der Waals surface area contributed by atoms with Crippen LogP contribution in [0.3, 0.4) is 0 Å². The highest BCUT2D eigenvalue weighted by Crippen LogP contribution is 2.31. The monoisotopic (exact) mass is 211 g/mol. The first-order chi connectivity index (χ1) is 6.68. The number of allylic oxidation sites excluding steroid dienone is 2. The van der Waals surface area contributed by atoms with E-state index in [4.69, 9.17) is 0 Å². The zero-order valence-electron chi connectivity index (χ0n) is 9.05. The van der Waals surface area contributed by atoms with Crippen LogP contribution in [0.5, 0.6) is 0 Å². The summed E-state index contributed by atoms with van der Waals surface area (Å²) in [5.41, 5.74) is 2.28. The quantitative estimate of drug-likeness (QED) is 0.661. The second-order valence-corrected chi connectivity index (χ2v) is 6.87. The van der Waals surface area contributed by atoms with Crippen molar-refractivity contribution in [3.63, 3.8) is 0 Å². The maximum atomic E-state index is 9.72. The first kappa shape index (κ1) is 10.2. The van der Waals surface area contributed by atoms with Crippen molar-refractivity contribution in [1.29, 1.82) is 0 Å². The molecule has 1 heterocycles. The second-order valence-electron chi connectivity index (χ2n) is 4.37. The van der Waals surface area contributed by atoms with Crippen molar-refractivity contribution in [1.82, 2.24) is 0 Å². The fourth-order valence-corrected chi connectivity index (χ4v) is 5.19. The van der Waals surface area contributed by atoms with Crippen LogP contribution >= 0.6 is 0 Å². The van der Waals surface area contributed by atoms with Gasteiger partial charge in [0.25, 0.3) is 0 Å². The molecule has 1 unspecified atom stereocenters. The standard InChI is InChI=1S/C12H18OS/c1-9-7-11(8-10(2)12(9)13)14-5-3-4-6-14/h7,11H,3-6,8H2,1-2H3/p+1. The van der Waals surface area contributed by atoms with Crippen LogP contribution in [0.1, 0.15) is 33.1 Å². The van der Waals surface area contributed by atoms with Gasteiger partial charge in [0, 0.05) is 6.42 Å². The number of hydrogen-bond acceptors (Lipinski definition) is 1. The Morgan fingerprint density at radius 1 is 1.29 bits per heavy atom. The summed E-state index contributed by atoms with van der Waals surface area (Å²) in [5, 5.41) is 10.5. The van der Waals surface area contributed by atoms with Crippen molar-refractivity contribution in [2.45, 2.75) is 38.4 Å². The predicted octanol–water partition coefficient (Wildman–Crippen LogP) is 2.95. The van der Waals surface area contributed by atoms with Gasteiger partial charge in [-0.15, -0.1) is 0 Å². The molecule has 1 N–H and O–H groups in total. The van der Waals surface area contributed by atoms with Gasteiger partial charge in [0.15, 0.2) is 0 Å². The van der Waals surface area contributed by atoms with Gasteiger partial charge < -0.3 is 5.11 Å². The number of hydrogen-bond donors (Lipinski definition) is 1. The van der Waals surface area contributed by atoms with Gasteiger partial charge in [-0.3, -0.25) is 0 Å². The van der Waals surface area contributed by atoms with E-state index in [1.807, 2.05) is 6.92 Å². The summed E-state index contributed by atoms with van der Waals surface area (Å²) in [7, 11) is 0.608. The Labute approximate surface area is 89.2 Å². The van der Waals surface area contributed by atoms with Crippen molar-refractivity contribution >= 4 is 10.9 Å². The van der Waals surface area contributed by atoms with Crippen molar-refractivity contribution in [3.8, 4) is 0 Å². The summed E-state index contributed by atoms with van der Waals surface area (Å²) in [6, 6.07) is 0. The summed E-state index contributed by atoms with van der Waals surface area (Å²) in [4.78, 5) is 0. The molecule has 1 aliphatic carbocycles. The zero-order valence-corrected chi connectivity index (χ0v) is 9.86. The molecule has 2 heteroatoms. The van der Waals surface area contributed by atoms with Crippen LogP contribution in [0, 0.1) is 0 Å². The molecule has 0 aromatic carbocycles. The summed E-state index contributed by atoms with van der Waals surface area (Å²) in [5.74, 6) is 3.38. The lowest BCUT2D eigenvalue weighted by molar-refractivity contribution is 0.410. The Balaban J connectivity index is 2.11. The Kier molecular flexibility index (Phi) is 2.91. The normalized spacial score (nSPS) is 29.6. The van der Waals surface area contributed by atoms with Crippen LogP contribution in [0.2, 0.25) is 0 Å². The molecule has 1 atom stereocenters. The van der Waals surface area contributed by atoms with Gasteiger partial charge in [0.05, 0.1) is 0 Å². The van der Waals surface area contributed by atoms with Crippen LogP contribution in [0.15, 0.2) is 23.0 Å². The minimum Gasteiger partial charge on any atom is -0.508 e. The van der Waals surface area contributed by atoms with E-state index in [2.05, 4.69) is 13.0 Å². The van der Waals surface area contributed by atoms with Gasteiger partial charge in [-0.1, -0.05) is 0 Å². The van der Waals surface area contributed by atoms with E-state index < -0.39 is 0 Å². The van der Waals surface area contributed by atoms with E-state index in [1.165, 1.54) is 29.9 Å². The van der Waals surface area contributed by atoms with E-state index in [0.29, 0.717) is 16.7 Å². The first-order valence-corrected chi connectivity index (χ1v) is 7.05. The SMILES string of the molecule is CC1=CC([S+]2CCCC2)CC(C)=C1O. The molecule has 0 amide bonds. The van der Waals surface area contributed by atoms with Crippen molar-refractivity contribution in [3.05, 3.63) is 23.0 Å². The van der Waals surface area contributed by atoms with E-state index in [1.54, 1.807) is 0 Å². The molecule has 14 heavy (non-hydrogen) atoms. The fraction of sp³-hybridized carbons (Fsp3) is 0.667. The minimum atomic E-state index is 0.545. The highest BCUT2D eigenvalue weighted by Gasteiger charge is 2.34. The maximum Gasteiger partial charge on any atom is 0.140 e. The highest BCUT2D eigenvalue weighted by atomic mass is 32.2. The number of aliphatic hydroxyl groups is 1. The molecular weight excluding hydrogens is 192 g/mol. The molecular formula is C12H19OS+. The molecule has 2 aliphatic rings. The van der Waals surface area contributed by atoms with Gasteiger partial charge >= 0.3 is 0 Å². The van der Waals surface area contributed by atoms with E-state index in [9.17, 15) is 5.11 Å². The lowest BCUT2D eigenvalue weighted by Crippen LogP contribution is -2.24. The molecule has 78 valence electrons. The zero-order chi connectivity index (χ0) is 10.1. The van der Waals surface area contributed by atoms with Crippen LogP contribution in [0.4, 0.5) is 0 Å². The molecule has 2 rings (SSSR count). The van der Waals surface area contributed by atoms with E-state index >= 15 is 0 Å². The van der Waals surface area contributed by atoms with Crippen molar-refractivity contribution in [2.75, 3.05) is 11.5 Å². The number of aliphatic hydroxyl groups excluding tert-OH is 1. The third kappa shape index (κ3) is 1.85. The molecule has 0 aromatic heterocycles. The maximum absolute atomic E-state index is 9.72. The fourth-order valence-electron chi connectivity index (χ4n) is 2.35. The summed E-state index contributed by atoms with van der Waals surface area (Å²) >= 11 is 0. The van der Waals surface area contributed by atoms with E-state index in [-0.39, 0.29) is 0 Å². The van der Waals surface area contributed by atoms with E-state index in [0.717, 1.165) is 17.2 Å². The van der Waals surface area contributed by atoms with Gasteiger partial charge in [0.2, 0.25) is 0 Å². The Morgan fingerprint density at radius 3 is 2.50 bits per heavy atom. The topological polar surface area (TPSA) is 20.2 Å². The summed E-state index contributed by atoms with van der Waals surface area (Å²) in [6.07, 6.45) is 6.23. The molecule has 0 spiro atoms. The lowest BCUT2D eigenvalue weighted by Gasteiger charge is -2.19. The van der Waals surface area contributed by atoms with Gasteiger partial charge in [-0.2, -0.15) is 0 Å². The third-order valence-electron chi connectivity index (χ3n) is 3.21. The first-order valence-electron chi connectivity index (χ1n) is 5.42. The average Bonchev–Trinajstić information content (AvgIpc) is 2.66. The molecule has 1 saturated heterocycles. The molecule has 1 aliphatic heterocycles. The number of rotatable bonds is 1. The average molecular weight is 211 g/mol. The third-order valence-corrected chi connectivity index (χ3v) is 6.00. The molecule has 1 nitrogen and oxygen atoms in total. The molecule has 1 fully saturated rings. The predicted molar refractivity (Wildman–Crippen MR) is 63.8 cm³/mol. The summed E-state index contributed by atoms with van der Waals surface area (Å²) in [6.45, 7) is 4.10. The van der Waals surface area contributed by atoms with Gasteiger partial charge in [0.1, 0.15) is 22.5 Å². The highest BCUT2D eigenvalue weighted by molar-refractivity contribution is 7.97. The Bertz CT molecular complexity index is 285. The molecule has 0 aromatic rings. The van der Waals surface area contributed by atoms with Gasteiger partial charge in [-0.05, 0) is 54.8 Å². The van der Waals surface area contributed by atoms with Crippen LogP contribution in [-0.4, -0.2) is 21.9 Å². The summed E-state index contributed by atoms with van der Waals surface area (Å²) < 4.78 is 0. The largest absolute Gasteiger partial charge is 0.508 e. The van der Waals surface area contributed by atoms with Gasteiger partial charge in [-0.25, -0.2) is 0 Å². The lowest BCUT2D eigenvalue weighted by atomic mass is 9.99. The molecule has 0 saturated carbocycles. The second kappa shape index (κ2) is 4.01. The molecule has 0 bridgehead atoms.